The Kier molecular flexibility index (Phi) is 6.69. The highest BCUT2D eigenvalue weighted by molar-refractivity contribution is 7.86. The molecular formula is C23H24O5S. The van der Waals surface area contributed by atoms with Gasteiger partial charge in [0.15, 0.2) is 0 Å². The highest BCUT2D eigenvalue weighted by Gasteiger charge is 2.29. The summed E-state index contributed by atoms with van der Waals surface area (Å²) in [6.45, 7) is 1.77. The van der Waals surface area contributed by atoms with Gasteiger partial charge in [0.1, 0.15) is 12.4 Å². The first-order valence-electron chi connectivity index (χ1n) is 9.26. The molecule has 0 aliphatic heterocycles. The molecule has 0 saturated heterocycles. The van der Waals surface area contributed by atoms with Crippen molar-refractivity contribution in [3.05, 3.63) is 96.1 Å². The molecule has 1 atom stereocenters. The largest absolute Gasteiger partial charge is 0.489 e. The second-order valence-corrected chi connectivity index (χ2v) is 8.66. The molecule has 3 aromatic carbocycles. The van der Waals surface area contributed by atoms with Gasteiger partial charge in [-0.15, -0.1) is 0 Å². The molecule has 0 heterocycles. The third kappa shape index (κ3) is 5.44. The zero-order valence-electron chi connectivity index (χ0n) is 16.2. The molecule has 152 valence electrons. The molecule has 0 fully saturated rings. The average Bonchev–Trinajstić information content (AvgIpc) is 2.78. The topological polar surface area (TPSA) is 72.8 Å². The van der Waals surface area contributed by atoms with E-state index in [1.54, 1.807) is 37.3 Å². The van der Waals surface area contributed by atoms with Crippen LogP contribution in [-0.4, -0.2) is 26.7 Å². The predicted molar refractivity (Wildman–Crippen MR) is 111 cm³/mol. The minimum absolute atomic E-state index is 0.0879. The smallest absolute Gasteiger partial charge is 0.297 e. The predicted octanol–water partition coefficient (Wildman–Crippen LogP) is 3.92. The van der Waals surface area contributed by atoms with Crippen LogP contribution in [0.1, 0.15) is 18.1 Å². The Morgan fingerprint density at radius 3 is 2.03 bits per heavy atom. The van der Waals surface area contributed by atoms with Gasteiger partial charge in [0.05, 0.1) is 18.1 Å². The minimum atomic E-state index is -3.89. The van der Waals surface area contributed by atoms with Crippen LogP contribution in [0.3, 0.4) is 0 Å². The summed E-state index contributed by atoms with van der Waals surface area (Å²) >= 11 is 0. The first-order valence-corrected chi connectivity index (χ1v) is 10.7. The second kappa shape index (κ2) is 9.22. The molecule has 0 spiro atoms. The Balaban J connectivity index is 1.66. The summed E-state index contributed by atoms with van der Waals surface area (Å²) in [7, 11) is -3.89. The van der Waals surface area contributed by atoms with Gasteiger partial charge in [-0.05, 0) is 35.4 Å². The Morgan fingerprint density at radius 2 is 1.45 bits per heavy atom. The molecule has 3 aromatic rings. The Hall–Kier alpha value is -2.67. The van der Waals surface area contributed by atoms with Crippen LogP contribution in [-0.2, 0) is 26.3 Å². The summed E-state index contributed by atoms with van der Waals surface area (Å²) in [6.07, 6.45) is 0. The number of benzene rings is 3. The van der Waals surface area contributed by atoms with Crippen molar-refractivity contribution in [3.63, 3.8) is 0 Å². The van der Waals surface area contributed by atoms with E-state index in [0.29, 0.717) is 12.4 Å². The van der Waals surface area contributed by atoms with E-state index in [1.165, 1.54) is 12.1 Å². The lowest BCUT2D eigenvalue weighted by Gasteiger charge is -2.27. The maximum absolute atomic E-state index is 12.4. The number of rotatable bonds is 9. The van der Waals surface area contributed by atoms with Gasteiger partial charge in [-0.3, -0.25) is 4.18 Å². The minimum Gasteiger partial charge on any atom is -0.489 e. The fourth-order valence-electron chi connectivity index (χ4n) is 2.78. The first-order chi connectivity index (χ1) is 13.9. The van der Waals surface area contributed by atoms with Gasteiger partial charge in [0.25, 0.3) is 10.1 Å². The summed E-state index contributed by atoms with van der Waals surface area (Å²) in [5.41, 5.74) is 0.950. The lowest BCUT2D eigenvalue weighted by Crippen LogP contribution is -2.33. The summed E-state index contributed by atoms with van der Waals surface area (Å²) in [4.78, 5) is 0.0879. The van der Waals surface area contributed by atoms with Gasteiger partial charge in [-0.2, -0.15) is 8.42 Å². The normalized spacial score (nSPS) is 13.6. The number of hydrogen-bond donors (Lipinski definition) is 1. The van der Waals surface area contributed by atoms with Crippen molar-refractivity contribution >= 4 is 10.1 Å². The SMILES string of the molecule is C[C@@](CO)(COS(=O)(=O)c1ccccc1)c1ccc(OCc2ccccc2)cc1. The van der Waals surface area contributed by atoms with Gasteiger partial charge < -0.3 is 9.84 Å². The van der Waals surface area contributed by atoms with E-state index < -0.39 is 15.5 Å². The van der Waals surface area contributed by atoms with Crippen molar-refractivity contribution in [1.29, 1.82) is 0 Å². The van der Waals surface area contributed by atoms with Crippen LogP contribution in [0.4, 0.5) is 0 Å². The van der Waals surface area contributed by atoms with Gasteiger partial charge in [0.2, 0.25) is 0 Å². The molecule has 3 rings (SSSR count). The monoisotopic (exact) mass is 412 g/mol. The molecule has 0 radical (unpaired) electrons. The lowest BCUT2D eigenvalue weighted by atomic mass is 9.84. The van der Waals surface area contributed by atoms with Crippen molar-refractivity contribution in [2.24, 2.45) is 0 Å². The van der Waals surface area contributed by atoms with Crippen molar-refractivity contribution < 1.29 is 22.4 Å². The molecule has 0 unspecified atom stereocenters. The zero-order valence-corrected chi connectivity index (χ0v) is 17.0. The molecule has 0 aliphatic rings. The van der Waals surface area contributed by atoms with E-state index >= 15 is 0 Å². The van der Waals surface area contributed by atoms with Crippen LogP contribution in [0.25, 0.3) is 0 Å². The molecule has 0 aliphatic carbocycles. The van der Waals surface area contributed by atoms with E-state index in [4.69, 9.17) is 8.92 Å². The average molecular weight is 413 g/mol. The van der Waals surface area contributed by atoms with Crippen LogP contribution in [0.5, 0.6) is 5.75 Å². The molecular weight excluding hydrogens is 388 g/mol. The highest BCUT2D eigenvalue weighted by atomic mass is 32.2. The Bertz CT molecular complexity index is 1000. The van der Waals surface area contributed by atoms with Crippen LogP contribution in [0.15, 0.2) is 89.8 Å². The molecule has 0 amide bonds. The maximum atomic E-state index is 12.4. The van der Waals surface area contributed by atoms with Crippen molar-refractivity contribution in [3.8, 4) is 5.75 Å². The molecule has 1 N–H and O–H groups in total. The summed E-state index contributed by atoms with van der Waals surface area (Å²) in [6, 6.07) is 25.0. The number of hydrogen-bond acceptors (Lipinski definition) is 5. The molecule has 5 nitrogen and oxygen atoms in total. The molecule has 29 heavy (non-hydrogen) atoms. The van der Waals surface area contributed by atoms with E-state index in [1.807, 2.05) is 42.5 Å². The standard InChI is InChI=1S/C23H24O5S/c1-23(17-24,18-28-29(25,26)22-10-6-3-7-11-22)20-12-14-21(15-13-20)27-16-19-8-4-2-5-9-19/h2-15,24H,16-18H2,1H3/t23-/m1/s1. The Labute approximate surface area is 171 Å². The van der Waals surface area contributed by atoms with Gasteiger partial charge >= 0.3 is 0 Å². The van der Waals surface area contributed by atoms with E-state index in [-0.39, 0.29) is 18.1 Å². The number of aliphatic hydroxyl groups is 1. The van der Waals surface area contributed by atoms with Gasteiger partial charge in [-0.1, -0.05) is 67.6 Å². The summed E-state index contributed by atoms with van der Waals surface area (Å²) < 4.78 is 35.8. The first kappa shape index (κ1) is 21.0. The fraction of sp³-hybridized carbons (Fsp3) is 0.217. The van der Waals surface area contributed by atoms with Crippen LogP contribution in [0, 0.1) is 0 Å². The number of aliphatic hydroxyl groups excluding tert-OH is 1. The highest BCUT2D eigenvalue weighted by Crippen LogP contribution is 2.27. The van der Waals surface area contributed by atoms with Crippen LogP contribution in [0.2, 0.25) is 0 Å². The van der Waals surface area contributed by atoms with E-state index in [9.17, 15) is 13.5 Å². The second-order valence-electron chi connectivity index (χ2n) is 7.05. The summed E-state index contributed by atoms with van der Waals surface area (Å²) in [5.74, 6) is 0.690. The van der Waals surface area contributed by atoms with Crippen molar-refractivity contribution in [2.75, 3.05) is 13.2 Å². The van der Waals surface area contributed by atoms with E-state index in [0.717, 1.165) is 11.1 Å². The fourth-order valence-corrected chi connectivity index (χ4v) is 3.82. The quantitative estimate of drug-likeness (QED) is 0.539. The third-order valence-corrected chi connectivity index (χ3v) is 5.99. The van der Waals surface area contributed by atoms with Crippen molar-refractivity contribution in [1.82, 2.24) is 0 Å². The lowest BCUT2D eigenvalue weighted by molar-refractivity contribution is 0.145. The van der Waals surface area contributed by atoms with Gasteiger partial charge in [-0.25, -0.2) is 0 Å². The van der Waals surface area contributed by atoms with E-state index in [2.05, 4.69) is 0 Å². The van der Waals surface area contributed by atoms with Crippen molar-refractivity contribution in [2.45, 2.75) is 23.8 Å². The zero-order chi connectivity index (χ0) is 20.7. The molecule has 0 bridgehead atoms. The van der Waals surface area contributed by atoms with Crippen LogP contribution < -0.4 is 4.74 Å². The molecule has 6 heteroatoms. The third-order valence-electron chi connectivity index (χ3n) is 4.71. The van der Waals surface area contributed by atoms with Gasteiger partial charge in [0, 0.05) is 5.41 Å². The van der Waals surface area contributed by atoms with Crippen LogP contribution >= 0.6 is 0 Å². The Morgan fingerprint density at radius 1 is 0.862 bits per heavy atom. The maximum Gasteiger partial charge on any atom is 0.297 e. The number of ether oxygens (including phenoxy) is 1. The molecule has 0 saturated carbocycles. The summed E-state index contributed by atoms with van der Waals surface area (Å²) in [5, 5.41) is 9.92. The molecule has 0 aromatic heterocycles.